The Kier molecular flexibility index (Phi) is 3.03. The number of hydrogen-bond donors (Lipinski definition) is 0. The van der Waals surface area contributed by atoms with Crippen molar-refractivity contribution in [2.45, 2.75) is 31.5 Å². The second kappa shape index (κ2) is 4.60. The van der Waals surface area contributed by atoms with E-state index >= 15 is 0 Å². The average molecular weight is 325 g/mol. The molecule has 2 aromatic rings. The molecule has 1 aliphatic carbocycles. The maximum Gasteiger partial charge on any atom is 0.195 e. The van der Waals surface area contributed by atoms with Crippen molar-refractivity contribution in [3.63, 3.8) is 0 Å². The van der Waals surface area contributed by atoms with Gasteiger partial charge in [0.25, 0.3) is 0 Å². The zero-order valence-corrected chi connectivity index (χ0v) is 13.6. The molecule has 3 heterocycles. The Morgan fingerprint density at radius 3 is 2.95 bits per heavy atom. The first kappa shape index (κ1) is 13.8. The van der Waals surface area contributed by atoms with Gasteiger partial charge < -0.3 is 9.85 Å². The second-order valence-electron chi connectivity index (χ2n) is 6.23. The number of quaternary nitrogens is 1. The van der Waals surface area contributed by atoms with E-state index in [4.69, 9.17) is 11.6 Å². The fourth-order valence-corrected chi connectivity index (χ4v) is 5.14. The van der Waals surface area contributed by atoms with Gasteiger partial charge in [-0.15, -0.1) is 11.3 Å². The second-order valence-corrected chi connectivity index (χ2v) is 7.67. The van der Waals surface area contributed by atoms with Crippen LogP contribution in [0.5, 0.6) is 0 Å². The van der Waals surface area contributed by atoms with Crippen LogP contribution in [0.25, 0.3) is 10.2 Å². The van der Waals surface area contributed by atoms with Gasteiger partial charge in [0.1, 0.15) is 22.9 Å². The van der Waals surface area contributed by atoms with Crippen LogP contribution < -0.4 is 0 Å². The van der Waals surface area contributed by atoms with Crippen LogP contribution in [0.4, 0.5) is 0 Å². The number of rotatable bonds is 2. The maximum atomic E-state index is 12.9. The molecule has 21 heavy (non-hydrogen) atoms. The van der Waals surface area contributed by atoms with E-state index in [1.165, 1.54) is 16.8 Å². The predicted octanol–water partition coefficient (Wildman–Crippen LogP) is 2.42. The van der Waals surface area contributed by atoms with Crippen molar-refractivity contribution >= 4 is 33.2 Å². The monoisotopic (exact) mass is 324 g/mol. The van der Waals surface area contributed by atoms with Crippen LogP contribution in [0.2, 0.25) is 5.15 Å². The lowest BCUT2D eigenvalue weighted by molar-refractivity contribution is -0.797. The molecule has 3 unspecified atom stereocenters. The summed E-state index contributed by atoms with van der Waals surface area (Å²) in [7, 11) is 3.98. The molecule has 1 fully saturated rings. The highest BCUT2D eigenvalue weighted by Gasteiger charge is 2.54. The molecule has 0 amide bonds. The molecule has 7 heteroatoms. The summed E-state index contributed by atoms with van der Waals surface area (Å²) in [6, 6.07) is 0.171. The predicted molar refractivity (Wildman–Crippen MR) is 84.2 cm³/mol. The minimum Gasteiger partial charge on any atom is -0.631 e. The van der Waals surface area contributed by atoms with Crippen LogP contribution in [-0.2, 0) is 12.8 Å². The van der Waals surface area contributed by atoms with Crippen molar-refractivity contribution < 1.29 is 4.65 Å². The molecule has 3 atom stereocenters. The Hall–Kier alpha value is -0.790. The number of halogens is 1. The Morgan fingerprint density at radius 2 is 2.24 bits per heavy atom. The van der Waals surface area contributed by atoms with Gasteiger partial charge in [-0.3, -0.25) is 4.90 Å². The molecule has 0 N–H and O–H groups in total. The number of aryl methyl sites for hydroxylation is 1. The highest BCUT2D eigenvalue weighted by molar-refractivity contribution is 7.19. The van der Waals surface area contributed by atoms with Gasteiger partial charge in [-0.2, -0.15) is 0 Å². The van der Waals surface area contributed by atoms with E-state index in [0.717, 1.165) is 36.0 Å². The van der Waals surface area contributed by atoms with Gasteiger partial charge >= 0.3 is 0 Å². The van der Waals surface area contributed by atoms with E-state index in [-0.39, 0.29) is 16.9 Å². The molecule has 2 aliphatic rings. The Balaban J connectivity index is 1.67. The van der Waals surface area contributed by atoms with Gasteiger partial charge in [-0.25, -0.2) is 9.97 Å². The van der Waals surface area contributed by atoms with E-state index in [9.17, 15) is 5.21 Å². The lowest BCUT2D eigenvalue weighted by Gasteiger charge is -2.36. The molecule has 1 aliphatic heterocycles. The summed E-state index contributed by atoms with van der Waals surface area (Å²) in [4.78, 5) is 12.7. The number of aromatic nitrogens is 2. The van der Waals surface area contributed by atoms with Crippen molar-refractivity contribution in [2.75, 3.05) is 20.6 Å². The summed E-state index contributed by atoms with van der Waals surface area (Å²) in [6.45, 7) is 0.721. The van der Waals surface area contributed by atoms with Crippen molar-refractivity contribution in [3.8, 4) is 0 Å². The van der Waals surface area contributed by atoms with Crippen LogP contribution in [0, 0.1) is 5.21 Å². The van der Waals surface area contributed by atoms with E-state index in [2.05, 4.69) is 14.9 Å². The van der Waals surface area contributed by atoms with Crippen LogP contribution in [0.3, 0.4) is 0 Å². The zero-order valence-electron chi connectivity index (χ0n) is 12.0. The van der Waals surface area contributed by atoms with E-state index in [1.54, 1.807) is 11.3 Å². The average Bonchev–Trinajstić information content (AvgIpc) is 3.01. The SMILES string of the molecule is CN(C)C1C[N+]1([O-])C1CCc2c(sc3ncnc(Cl)c23)C1. The lowest BCUT2D eigenvalue weighted by Crippen LogP contribution is -2.41. The van der Waals surface area contributed by atoms with Crippen LogP contribution in [0.15, 0.2) is 6.33 Å². The third kappa shape index (κ3) is 2.01. The maximum absolute atomic E-state index is 12.9. The third-order valence-corrected chi connectivity index (χ3v) is 6.26. The quantitative estimate of drug-likeness (QED) is 0.368. The summed E-state index contributed by atoms with van der Waals surface area (Å²) in [5.74, 6) is 0. The molecule has 0 aromatic carbocycles. The molecule has 0 radical (unpaired) electrons. The Morgan fingerprint density at radius 1 is 1.43 bits per heavy atom. The topological polar surface area (TPSA) is 52.1 Å². The highest BCUT2D eigenvalue weighted by atomic mass is 35.5. The molecule has 2 aromatic heterocycles. The fraction of sp³-hybridized carbons (Fsp3) is 0.571. The smallest absolute Gasteiger partial charge is 0.195 e. The van der Waals surface area contributed by atoms with Crippen molar-refractivity contribution in [1.29, 1.82) is 0 Å². The third-order valence-electron chi connectivity index (χ3n) is 4.81. The lowest BCUT2D eigenvalue weighted by atomic mass is 9.93. The van der Waals surface area contributed by atoms with E-state index in [1.807, 2.05) is 14.1 Å². The Labute approximate surface area is 132 Å². The van der Waals surface area contributed by atoms with E-state index in [0.29, 0.717) is 5.15 Å². The molecule has 1 saturated heterocycles. The highest BCUT2D eigenvalue weighted by Crippen LogP contribution is 2.44. The fourth-order valence-electron chi connectivity index (χ4n) is 3.58. The van der Waals surface area contributed by atoms with Gasteiger partial charge in [0.2, 0.25) is 0 Å². The summed E-state index contributed by atoms with van der Waals surface area (Å²) in [5.41, 5.74) is 1.27. The molecule has 0 spiro atoms. The minimum atomic E-state index is -0.0555. The molecule has 4 rings (SSSR count). The summed E-state index contributed by atoms with van der Waals surface area (Å²) in [5, 5.41) is 14.4. The number of hydroxylamine groups is 3. The van der Waals surface area contributed by atoms with Gasteiger partial charge in [0.05, 0.1) is 11.4 Å². The van der Waals surface area contributed by atoms with Crippen LogP contribution in [-0.4, -0.2) is 52.4 Å². The molecular weight excluding hydrogens is 308 g/mol. The standard InChI is InChI=1S/C14H17ClN4OS/c1-18(2)11-6-19(11,20)8-3-4-9-10(5-8)21-14-12(9)13(15)16-7-17-14/h7-8,11H,3-6H2,1-2H3. The molecule has 0 saturated carbocycles. The zero-order chi connectivity index (χ0) is 14.8. The number of nitrogens with zero attached hydrogens (tertiary/aromatic N) is 4. The van der Waals surface area contributed by atoms with Crippen molar-refractivity contribution in [1.82, 2.24) is 14.9 Å². The van der Waals surface area contributed by atoms with E-state index < -0.39 is 0 Å². The minimum absolute atomic E-state index is 0.0555. The summed E-state index contributed by atoms with van der Waals surface area (Å²) >= 11 is 7.90. The Bertz CT molecular complexity index is 718. The number of fused-ring (bicyclic) bond motifs is 3. The van der Waals surface area contributed by atoms with Gasteiger partial charge in [-0.05, 0) is 26.1 Å². The van der Waals surface area contributed by atoms with Crippen LogP contribution >= 0.6 is 22.9 Å². The molecule has 0 bridgehead atoms. The number of likely N-dealkylation sites (N-methyl/N-ethyl adjacent to an activating group) is 1. The first-order valence-electron chi connectivity index (χ1n) is 7.16. The number of thiophene rings is 1. The largest absolute Gasteiger partial charge is 0.631 e. The van der Waals surface area contributed by atoms with Crippen LogP contribution in [0.1, 0.15) is 16.9 Å². The van der Waals surface area contributed by atoms with Crippen molar-refractivity contribution in [2.24, 2.45) is 0 Å². The first-order chi connectivity index (χ1) is 10.0. The molecule has 112 valence electrons. The van der Waals surface area contributed by atoms with Gasteiger partial charge in [0.15, 0.2) is 6.17 Å². The summed E-state index contributed by atoms with van der Waals surface area (Å²) < 4.78 is -0.0555. The van der Waals surface area contributed by atoms with Gasteiger partial charge in [-0.1, -0.05) is 11.6 Å². The van der Waals surface area contributed by atoms with Gasteiger partial charge in [0, 0.05) is 17.7 Å². The summed E-state index contributed by atoms with van der Waals surface area (Å²) in [6.07, 6.45) is 4.33. The number of hydrogen-bond acceptors (Lipinski definition) is 5. The first-order valence-corrected chi connectivity index (χ1v) is 8.35. The molecular formula is C14H17ClN4OS. The molecule has 5 nitrogen and oxygen atoms in total. The normalized spacial score (nSPS) is 31.7. The van der Waals surface area contributed by atoms with Crippen molar-refractivity contribution in [3.05, 3.63) is 27.1 Å².